The Hall–Kier alpha value is -1.40. The molecule has 1 aliphatic heterocycles. The predicted molar refractivity (Wildman–Crippen MR) is 117 cm³/mol. The number of anilines is 1. The number of aromatic nitrogens is 4. The summed E-state index contributed by atoms with van der Waals surface area (Å²) in [5.74, 6) is 1.43. The van der Waals surface area contributed by atoms with E-state index in [1.54, 1.807) is 11.8 Å². The average Bonchev–Trinajstić information content (AvgIpc) is 3.23. The Morgan fingerprint density at radius 1 is 1.31 bits per heavy atom. The number of rotatable bonds is 6. The Bertz CT molecular complexity index is 1050. The average molecular weight is 602 g/mol. The third-order valence-electron chi connectivity index (χ3n) is 4.76. The zero-order valence-corrected chi connectivity index (χ0v) is 22.3. The van der Waals surface area contributed by atoms with Crippen LogP contribution < -0.4 is 18.9 Å². The van der Waals surface area contributed by atoms with Gasteiger partial charge in [0, 0.05) is 0 Å². The van der Waals surface area contributed by atoms with Crippen LogP contribution in [0, 0.1) is 0 Å². The van der Waals surface area contributed by atoms with Crippen molar-refractivity contribution < 1.29 is 4.74 Å². The summed E-state index contributed by atoms with van der Waals surface area (Å²) < 4.78 is 9.34. The van der Waals surface area contributed by atoms with Gasteiger partial charge in [0.1, 0.15) is 0 Å². The number of hydrogen-bond donors (Lipinski definition) is 2. The molecule has 29 heavy (non-hydrogen) atoms. The van der Waals surface area contributed by atoms with Crippen molar-refractivity contribution in [3.63, 3.8) is 0 Å². The van der Waals surface area contributed by atoms with Gasteiger partial charge in [0.15, 0.2) is 0 Å². The topological polar surface area (TPSA) is 90.9 Å². The maximum atomic E-state index is 6.09. The fourth-order valence-electron chi connectivity index (χ4n) is 3.33. The van der Waals surface area contributed by atoms with Gasteiger partial charge in [-0.25, -0.2) is 0 Å². The van der Waals surface area contributed by atoms with Crippen molar-refractivity contribution in [1.29, 1.82) is 0 Å². The number of ether oxygens (including phenoxy) is 1. The van der Waals surface area contributed by atoms with Crippen molar-refractivity contribution in [2.45, 2.75) is 55.7 Å². The zero-order valence-electron chi connectivity index (χ0n) is 17.0. The summed E-state index contributed by atoms with van der Waals surface area (Å²) in [7, 11) is 0. The molecule has 9 heteroatoms. The Balaban J connectivity index is 1.64. The summed E-state index contributed by atoms with van der Waals surface area (Å²) in [5.41, 5.74) is 8.99. The molecule has 0 saturated carbocycles. The second kappa shape index (κ2) is 8.38. The molecule has 0 radical (unpaired) electrons. The molecule has 2 aromatic heterocycles. The van der Waals surface area contributed by atoms with E-state index in [9.17, 15) is 0 Å². The molecule has 0 spiro atoms. The number of nitrogens with two attached hydrogens (primary N) is 1. The number of fused-ring (bicyclic) bond motifs is 2. The van der Waals surface area contributed by atoms with E-state index < -0.39 is 0 Å². The number of nitrogens with one attached hydrogen (secondary N) is 1. The van der Waals surface area contributed by atoms with Crippen LogP contribution in [0.25, 0.3) is 11.2 Å². The minimum absolute atomic E-state index is 0.105. The van der Waals surface area contributed by atoms with Crippen molar-refractivity contribution in [1.82, 2.24) is 24.8 Å². The van der Waals surface area contributed by atoms with Crippen LogP contribution in [0.15, 0.2) is 28.5 Å². The molecule has 0 atom stereocenters. The first-order valence-corrected chi connectivity index (χ1v) is 12.8. The number of nitrogens with zero attached hydrogens (tertiary/aromatic N) is 4. The van der Waals surface area contributed by atoms with Crippen LogP contribution in [-0.2, 0) is 13.0 Å². The molecular weight excluding hydrogens is 577 g/mol. The Morgan fingerprint density at radius 2 is 2.14 bits per heavy atom. The summed E-state index contributed by atoms with van der Waals surface area (Å²) in [6, 6.07) is 4.46. The summed E-state index contributed by atoms with van der Waals surface area (Å²) >= 11 is 2.42. The molecule has 3 aromatic rings. The monoisotopic (exact) mass is 602 g/mol. The van der Waals surface area contributed by atoms with Gasteiger partial charge in [-0.05, 0) is 0 Å². The van der Waals surface area contributed by atoms with Crippen LogP contribution in [0.2, 0.25) is 0 Å². The van der Waals surface area contributed by atoms with Gasteiger partial charge in [-0.15, -0.1) is 0 Å². The molecule has 4 rings (SSSR count). The fraction of sp³-hybridized carbons (Fsp3) is 0.450. The van der Waals surface area contributed by atoms with E-state index in [4.69, 9.17) is 15.5 Å². The van der Waals surface area contributed by atoms with E-state index in [2.05, 4.69) is 52.8 Å². The van der Waals surface area contributed by atoms with Gasteiger partial charge in [0.25, 0.3) is 0 Å². The van der Waals surface area contributed by atoms with Crippen LogP contribution in [0.4, 0.5) is 5.82 Å². The van der Waals surface area contributed by atoms with E-state index in [0.29, 0.717) is 11.3 Å². The normalized spacial score (nSPS) is 13.6. The summed E-state index contributed by atoms with van der Waals surface area (Å²) in [6.07, 6.45) is 3.49. The van der Waals surface area contributed by atoms with Crippen molar-refractivity contribution in [2.24, 2.45) is 0 Å². The number of imidazole rings is 1. The molecule has 3 N–H and O–H groups in total. The zero-order chi connectivity index (χ0) is 20.6. The van der Waals surface area contributed by atoms with Gasteiger partial charge in [-0.2, -0.15) is 0 Å². The first kappa shape index (κ1) is 20.9. The molecule has 7 nitrogen and oxygen atoms in total. The van der Waals surface area contributed by atoms with E-state index in [1.807, 2.05) is 0 Å². The van der Waals surface area contributed by atoms with Gasteiger partial charge in [-0.1, -0.05) is 0 Å². The molecule has 1 aromatic carbocycles. The van der Waals surface area contributed by atoms with E-state index in [-0.39, 0.29) is 5.54 Å². The van der Waals surface area contributed by atoms with Gasteiger partial charge in [0.05, 0.1) is 0 Å². The second-order valence-corrected chi connectivity index (χ2v) is 11.6. The van der Waals surface area contributed by atoms with E-state index in [0.717, 1.165) is 74.9 Å². The molecule has 0 bridgehead atoms. The van der Waals surface area contributed by atoms with Crippen molar-refractivity contribution in [3.8, 4) is 5.75 Å². The van der Waals surface area contributed by atoms with Gasteiger partial charge < -0.3 is 0 Å². The molecule has 0 fully saturated rings. The number of nitrogen functional groups attached to an aromatic ring is 1. The third kappa shape index (κ3) is 4.69. The van der Waals surface area contributed by atoms with E-state index in [1.165, 1.54) is 19.9 Å². The van der Waals surface area contributed by atoms with E-state index >= 15 is 0 Å². The van der Waals surface area contributed by atoms with Crippen molar-refractivity contribution in [2.75, 3.05) is 18.9 Å². The van der Waals surface area contributed by atoms with Crippen LogP contribution >= 0.6 is 11.8 Å². The standard InChI is InChI=1S/C20H25N6OS.Tl/c1-20(2,3)24-8-4-9-26-18-16(17(21)22-12-23-18)25-19(26)28-14-6-5-13-7-10-27-15(13)11-14;/h5,11-12,24H,4,7-10H2,1-3H3,(H2,21,22,23);. The molecule has 0 amide bonds. The predicted octanol–water partition coefficient (Wildman–Crippen LogP) is 2.07. The van der Waals surface area contributed by atoms with Crippen molar-refractivity contribution >= 4 is 57.6 Å². The van der Waals surface area contributed by atoms with Crippen LogP contribution in [0.5, 0.6) is 5.75 Å². The first-order chi connectivity index (χ1) is 13.8. The number of aryl methyl sites for hydroxylation is 1. The quantitative estimate of drug-likeness (QED) is 0.330. The number of hydrogen-bond acceptors (Lipinski definition) is 7. The SMILES string of the molecule is CC(C)(C)NCCCn1c(Sc2cc3c(c[c]2[Tl])CCO3)nc2c(N)ncnc21. The third-order valence-corrected chi connectivity index (χ3v) is 8.50. The Kier molecular flexibility index (Phi) is 6.03. The second-order valence-electron chi connectivity index (χ2n) is 8.21. The molecule has 3 heterocycles. The number of benzene rings is 1. The Labute approximate surface area is 190 Å². The fourth-order valence-corrected chi connectivity index (χ4v) is 6.08. The Morgan fingerprint density at radius 3 is 2.93 bits per heavy atom. The van der Waals surface area contributed by atoms with Crippen LogP contribution in [-0.4, -0.2) is 64.0 Å². The van der Waals surface area contributed by atoms with Gasteiger partial charge in [0.2, 0.25) is 0 Å². The maximum absolute atomic E-state index is 6.09. The van der Waals surface area contributed by atoms with Gasteiger partial charge >= 0.3 is 192 Å². The summed E-state index contributed by atoms with van der Waals surface area (Å²) in [5, 5.41) is 4.45. The van der Waals surface area contributed by atoms with Crippen molar-refractivity contribution in [3.05, 3.63) is 24.0 Å². The summed E-state index contributed by atoms with van der Waals surface area (Å²) in [4.78, 5) is 14.6. The van der Waals surface area contributed by atoms with Crippen LogP contribution in [0.1, 0.15) is 32.8 Å². The summed E-state index contributed by atoms with van der Waals surface area (Å²) in [6.45, 7) is 9.06. The molecule has 0 saturated heterocycles. The molecule has 0 aliphatic carbocycles. The first-order valence-electron chi connectivity index (χ1n) is 9.76. The van der Waals surface area contributed by atoms with Crippen LogP contribution in [0.3, 0.4) is 0 Å². The van der Waals surface area contributed by atoms with Gasteiger partial charge in [-0.3, -0.25) is 0 Å². The molecular formula is C20H25N6OSTl. The molecule has 150 valence electrons. The molecule has 0 unspecified atom stereocenters. The molecule has 1 aliphatic rings. The minimum atomic E-state index is 0.105.